The number of hydrogen-bond acceptors (Lipinski definition) is 6. The zero-order valence-electron chi connectivity index (χ0n) is 14.8. The average Bonchev–Trinajstić information content (AvgIpc) is 2.93. The molecule has 8 heteroatoms. The standard InChI is InChI=1S/C14H29BN2O4.CH5N/c1-3-16(4-2)8-9-17-10-12(6-5-7-15(20)21)13(11-17)14(18)19;1-2/h12-13,20-21H,3-11H2,1-2H3,(H,18,19);2H2,1H3. The maximum absolute atomic E-state index is 11.4. The van der Waals surface area contributed by atoms with E-state index in [9.17, 15) is 9.90 Å². The highest BCUT2D eigenvalue weighted by Gasteiger charge is 2.37. The lowest BCUT2D eigenvalue weighted by atomic mass is 9.80. The number of likely N-dealkylation sites (tertiary alicyclic amines) is 1. The first-order chi connectivity index (χ1) is 11.0. The predicted molar refractivity (Wildman–Crippen MR) is 93.2 cm³/mol. The minimum atomic E-state index is -1.28. The van der Waals surface area contributed by atoms with Gasteiger partial charge in [0.15, 0.2) is 0 Å². The van der Waals surface area contributed by atoms with Crippen LogP contribution in [0.2, 0.25) is 6.32 Å². The normalized spacial score (nSPS) is 21.2. The third-order valence-corrected chi connectivity index (χ3v) is 4.50. The molecule has 7 nitrogen and oxygen atoms in total. The van der Waals surface area contributed by atoms with Crippen LogP contribution in [0.1, 0.15) is 26.7 Å². The van der Waals surface area contributed by atoms with Crippen LogP contribution in [-0.2, 0) is 4.79 Å². The molecule has 1 aliphatic heterocycles. The summed E-state index contributed by atoms with van der Waals surface area (Å²) in [5.74, 6) is -0.926. The molecule has 0 aromatic carbocycles. The van der Waals surface area contributed by atoms with Crippen LogP contribution in [-0.4, -0.2) is 84.4 Å². The Balaban J connectivity index is 0.00000232. The van der Waals surface area contributed by atoms with Crippen LogP contribution in [0.5, 0.6) is 0 Å². The molecule has 1 heterocycles. The number of likely N-dealkylation sites (N-methyl/N-ethyl adjacent to an activating group) is 1. The van der Waals surface area contributed by atoms with E-state index in [1.165, 1.54) is 7.05 Å². The van der Waals surface area contributed by atoms with Gasteiger partial charge in [0.05, 0.1) is 5.92 Å². The molecule has 0 bridgehead atoms. The average molecular weight is 331 g/mol. The first kappa shape index (κ1) is 22.3. The van der Waals surface area contributed by atoms with Gasteiger partial charge in [-0.3, -0.25) is 4.79 Å². The quantitative estimate of drug-likeness (QED) is 0.410. The minimum Gasteiger partial charge on any atom is -0.481 e. The van der Waals surface area contributed by atoms with Gasteiger partial charge < -0.3 is 30.7 Å². The maximum atomic E-state index is 11.4. The van der Waals surface area contributed by atoms with Crippen molar-refractivity contribution < 1.29 is 19.9 Å². The molecular weight excluding hydrogens is 297 g/mol. The molecule has 136 valence electrons. The molecule has 5 N–H and O–H groups in total. The highest BCUT2D eigenvalue weighted by atomic mass is 16.4. The van der Waals surface area contributed by atoms with Gasteiger partial charge in [-0.25, -0.2) is 0 Å². The fourth-order valence-corrected chi connectivity index (χ4v) is 3.10. The molecule has 2 unspecified atom stereocenters. The van der Waals surface area contributed by atoms with Crippen molar-refractivity contribution in [2.24, 2.45) is 17.6 Å². The van der Waals surface area contributed by atoms with E-state index >= 15 is 0 Å². The topological polar surface area (TPSA) is 110 Å². The molecule has 0 spiro atoms. The van der Waals surface area contributed by atoms with E-state index in [1.807, 2.05) is 0 Å². The van der Waals surface area contributed by atoms with Crippen LogP contribution in [0.4, 0.5) is 0 Å². The number of aliphatic carboxylic acids is 1. The van der Waals surface area contributed by atoms with Gasteiger partial charge in [-0.05, 0) is 38.8 Å². The van der Waals surface area contributed by atoms with E-state index in [-0.39, 0.29) is 11.8 Å². The van der Waals surface area contributed by atoms with Crippen LogP contribution in [0.3, 0.4) is 0 Å². The van der Waals surface area contributed by atoms with E-state index in [0.29, 0.717) is 19.3 Å². The van der Waals surface area contributed by atoms with Crippen molar-refractivity contribution in [2.45, 2.75) is 33.0 Å². The lowest BCUT2D eigenvalue weighted by Crippen LogP contribution is -2.34. The van der Waals surface area contributed by atoms with Crippen LogP contribution in [0, 0.1) is 11.8 Å². The summed E-state index contributed by atoms with van der Waals surface area (Å²) in [5.41, 5.74) is 4.50. The Hall–Kier alpha value is -0.665. The molecule has 23 heavy (non-hydrogen) atoms. The van der Waals surface area contributed by atoms with Crippen LogP contribution in [0.25, 0.3) is 0 Å². The molecule has 1 aliphatic rings. The van der Waals surface area contributed by atoms with Crippen molar-refractivity contribution >= 4 is 13.1 Å². The Morgan fingerprint density at radius 3 is 2.35 bits per heavy atom. The second-order valence-corrected chi connectivity index (χ2v) is 5.90. The molecule has 0 saturated carbocycles. The van der Waals surface area contributed by atoms with Crippen LogP contribution >= 0.6 is 0 Å². The van der Waals surface area contributed by atoms with E-state index in [2.05, 4.69) is 29.4 Å². The number of carbonyl (C=O) groups is 1. The number of carboxylic acid groups (broad SMARTS) is 1. The summed E-state index contributed by atoms with van der Waals surface area (Å²) in [6, 6.07) is 0. The zero-order chi connectivity index (χ0) is 17.8. The summed E-state index contributed by atoms with van der Waals surface area (Å²) >= 11 is 0. The van der Waals surface area contributed by atoms with E-state index in [1.54, 1.807) is 0 Å². The van der Waals surface area contributed by atoms with Gasteiger partial charge in [0.1, 0.15) is 0 Å². The molecule has 1 fully saturated rings. The van der Waals surface area contributed by atoms with Gasteiger partial charge in [-0.1, -0.05) is 20.3 Å². The van der Waals surface area contributed by atoms with Crippen molar-refractivity contribution in [1.29, 1.82) is 0 Å². The van der Waals surface area contributed by atoms with Crippen molar-refractivity contribution in [3.05, 3.63) is 0 Å². The van der Waals surface area contributed by atoms with Crippen molar-refractivity contribution in [3.63, 3.8) is 0 Å². The number of nitrogens with two attached hydrogens (primary N) is 1. The molecule has 1 saturated heterocycles. The molecule has 2 atom stereocenters. The SMILES string of the molecule is CCN(CC)CCN1CC(CCCB(O)O)C(C(=O)O)C1.CN. The number of rotatable bonds is 10. The fourth-order valence-electron chi connectivity index (χ4n) is 3.10. The van der Waals surface area contributed by atoms with E-state index < -0.39 is 13.1 Å². The highest BCUT2D eigenvalue weighted by Crippen LogP contribution is 2.28. The van der Waals surface area contributed by atoms with Crippen molar-refractivity contribution in [3.8, 4) is 0 Å². The number of nitrogens with zero attached hydrogens (tertiary/aromatic N) is 2. The van der Waals surface area contributed by atoms with Gasteiger partial charge in [0, 0.05) is 26.2 Å². The lowest BCUT2D eigenvalue weighted by molar-refractivity contribution is -0.142. The Labute approximate surface area is 140 Å². The van der Waals surface area contributed by atoms with E-state index in [4.69, 9.17) is 10.0 Å². The third-order valence-electron chi connectivity index (χ3n) is 4.50. The summed E-state index contributed by atoms with van der Waals surface area (Å²) in [5, 5.41) is 27.1. The largest absolute Gasteiger partial charge is 0.481 e. The summed E-state index contributed by atoms with van der Waals surface area (Å²) in [4.78, 5) is 15.9. The second kappa shape index (κ2) is 12.7. The van der Waals surface area contributed by atoms with E-state index in [0.717, 1.165) is 39.1 Å². The van der Waals surface area contributed by atoms with Gasteiger partial charge in [-0.2, -0.15) is 0 Å². The molecule has 0 aromatic rings. The molecular formula is C15H34BN3O4. The zero-order valence-corrected chi connectivity index (χ0v) is 14.8. The molecule has 0 aliphatic carbocycles. The molecule has 0 radical (unpaired) electrons. The monoisotopic (exact) mass is 331 g/mol. The summed E-state index contributed by atoms with van der Waals surface area (Å²) in [7, 11) is 0.216. The molecule has 0 amide bonds. The first-order valence-electron chi connectivity index (χ1n) is 8.59. The Kier molecular flexibility index (Phi) is 12.4. The smallest absolute Gasteiger partial charge is 0.451 e. The predicted octanol–water partition coefficient (Wildman–Crippen LogP) is -0.211. The molecule has 0 aromatic heterocycles. The second-order valence-electron chi connectivity index (χ2n) is 5.90. The number of carboxylic acids is 1. The minimum absolute atomic E-state index is 0.123. The first-order valence-corrected chi connectivity index (χ1v) is 8.59. The Morgan fingerprint density at radius 2 is 1.87 bits per heavy atom. The van der Waals surface area contributed by atoms with Crippen LogP contribution in [0.15, 0.2) is 0 Å². The fraction of sp³-hybridized carbons (Fsp3) is 0.933. The molecule has 1 rings (SSSR count). The van der Waals surface area contributed by atoms with Crippen molar-refractivity contribution in [1.82, 2.24) is 9.80 Å². The summed E-state index contributed by atoms with van der Waals surface area (Å²) < 4.78 is 0. The van der Waals surface area contributed by atoms with Gasteiger partial charge in [0.2, 0.25) is 0 Å². The summed E-state index contributed by atoms with van der Waals surface area (Å²) in [6.45, 7) is 9.61. The van der Waals surface area contributed by atoms with Crippen molar-refractivity contribution in [2.75, 3.05) is 46.3 Å². The maximum Gasteiger partial charge on any atom is 0.451 e. The van der Waals surface area contributed by atoms with Gasteiger partial charge in [0.25, 0.3) is 0 Å². The lowest BCUT2D eigenvalue weighted by Gasteiger charge is -2.22. The third kappa shape index (κ3) is 8.67. The van der Waals surface area contributed by atoms with Gasteiger partial charge >= 0.3 is 13.1 Å². The van der Waals surface area contributed by atoms with Crippen LogP contribution < -0.4 is 5.73 Å². The van der Waals surface area contributed by atoms with Gasteiger partial charge in [-0.15, -0.1) is 0 Å². The summed E-state index contributed by atoms with van der Waals surface area (Å²) in [6.07, 6.45) is 1.73. The Morgan fingerprint density at radius 1 is 1.26 bits per heavy atom. The Bertz CT molecular complexity index is 317. The highest BCUT2D eigenvalue weighted by molar-refractivity contribution is 6.40. The number of hydrogen-bond donors (Lipinski definition) is 4.